The maximum Gasteiger partial charge on any atom is 0.254 e. The molecule has 8 heteroatoms. The van der Waals surface area contributed by atoms with Gasteiger partial charge in [-0.25, -0.2) is 4.39 Å². The first-order valence-corrected chi connectivity index (χ1v) is 16.4. The zero-order valence-corrected chi connectivity index (χ0v) is 26.1. The minimum Gasteiger partial charge on any atom is -0.593 e. The average Bonchev–Trinajstić information content (AvgIpc) is 3.10. The Balaban J connectivity index is 1.39. The minimum atomic E-state index is -1.55. The topological polar surface area (TPSA) is 93.7 Å². The summed E-state index contributed by atoms with van der Waals surface area (Å²) >= 11 is -1.55. The first kappa shape index (κ1) is 33.1. The lowest BCUT2D eigenvalue weighted by Crippen LogP contribution is -2.38. The number of hydrogen-bond acceptors (Lipinski definition) is 5. The van der Waals surface area contributed by atoms with Crippen LogP contribution < -0.4 is 10.0 Å². The van der Waals surface area contributed by atoms with Crippen LogP contribution in [0.15, 0.2) is 144 Å². The number of carbonyl (C=O) groups is 1. The molecule has 0 aromatic heterocycles. The molecule has 6 nitrogen and oxygen atoms in total. The van der Waals surface area contributed by atoms with Crippen molar-refractivity contribution >= 4 is 23.0 Å². The molecule has 5 rings (SSSR count). The first-order chi connectivity index (χ1) is 22.5. The summed E-state index contributed by atoms with van der Waals surface area (Å²) in [6.45, 7) is -0.0898. The molecular weight excluding hydrogens is 599 g/mol. The second kappa shape index (κ2) is 16.8. The van der Waals surface area contributed by atoms with Crippen molar-refractivity contribution in [3.8, 4) is 0 Å². The number of hydrogen-bond donors (Lipinski definition) is 3. The van der Waals surface area contributed by atoms with Gasteiger partial charge < -0.3 is 19.7 Å². The van der Waals surface area contributed by atoms with Gasteiger partial charge in [-0.3, -0.25) is 4.79 Å². The van der Waals surface area contributed by atoms with Crippen molar-refractivity contribution in [1.29, 1.82) is 0 Å². The number of rotatable bonds is 15. The van der Waals surface area contributed by atoms with Crippen molar-refractivity contribution < 1.29 is 23.6 Å². The summed E-state index contributed by atoms with van der Waals surface area (Å²) in [5, 5.41) is 13.0. The number of benzene rings is 5. The predicted octanol–water partition coefficient (Wildman–Crippen LogP) is 6.79. The van der Waals surface area contributed by atoms with Gasteiger partial charge in [-0.05, 0) is 53.8 Å². The molecule has 0 fully saturated rings. The Morgan fingerprint density at radius 1 is 0.783 bits per heavy atom. The zero-order valence-electron chi connectivity index (χ0n) is 25.3. The van der Waals surface area contributed by atoms with E-state index in [1.807, 2.05) is 97.1 Å². The minimum absolute atomic E-state index is 0.183. The lowest BCUT2D eigenvalue weighted by Gasteiger charge is -2.28. The van der Waals surface area contributed by atoms with Crippen LogP contribution in [0.5, 0.6) is 0 Å². The molecule has 0 aliphatic carbocycles. The molecule has 0 saturated heterocycles. The van der Waals surface area contributed by atoms with Crippen molar-refractivity contribution in [2.75, 3.05) is 11.9 Å². The van der Waals surface area contributed by atoms with Crippen molar-refractivity contribution in [3.63, 3.8) is 0 Å². The second-order valence-electron chi connectivity index (χ2n) is 10.9. The molecule has 3 unspecified atom stereocenters. The van der Waals surface area contributed by atoms with Crippen LogP contribution in [-0.2, 0) is 33.9 Å². The van der Waals surface area contributed by atoms with Crippen LogP contribution in [0, 0.1) is 5.82 Å². The highest BCUT2D eigenvalue weighted by Crippen LogP contribution is 2.32. The van der Waals surface area contributed by atoms with Crippen molar-refractivity contribution in [2.24, 2.45) is 0 Å². The fourth-order valence-corrected chi connectivity index (χ4v) is 6.39. The first-order valence-electron chi connectivity index (χ1n) is 15.2. The third kappa shape index (κ3) is 8.90. The summed E-state index contributed by atoms with van der Waals surface area (Å²) < 4.78 is 37.5. The number of anilines is 1. The molecule has 236 valence electrons. The van der Waals surface area contributed by atoms with Gasteiger partial charge >= 0.3 is 0 Å². The number of nitrogens with one attached hydrogen (secondary N) is 2. The number of aliphatic hydroxyl groups excluding tert-OH is 1. The maximum absolute atomic E-state index is 15.3. The predicted molar refractivity (Wildman–Crippen MR) is 180 cm³/mol. The summed E-state index contributed by atoms with van der Waals surface area (Å²) in [4.78, 5) is 14.8. The highest BCUT2D eigenvalue weighted by atomic mass is 32.2. The van der Waals surface area contributed by atoms with Crippen LogP contribution in [0.3, 0.4) is 0 Å². The van der Waals surface area contributed by atoms with Gasteiger partial charge in [0.05, 0.1) is 30.6 Å². The summed E-state index contributed by atoms with van der Waals surface area (Å²) in [5.41, 5.74) is 3.34. The number of halogens is 1. The fraction of sp³-hybridized carbons (Fsp3) is 0.184. The molecule has 0 spiro atoms. The van der Waals surface area contributed by atoms with Gasteiger partial charge in [-0.1, -0.05) is 115 Å². The van der Waals surface area contributed by atoms with E-state index in [9.17, 15) is 14.5 Å². The standard InChI is InChI=1S/C38H37FN2O4S/c39-34-22-13-23-35(33(34)25-24-31(26-42)41-46(44)32-20-11-4-12-21-32)40-38(43)37(45-27-28-14-5-1-6-15-28)36(29-16-7-2-8-17-29)30-18-9-3-10-19-30/h1-23,31,36-37,41-42H,24-27H2,(H,40,43). The van der Waals surface area contributed by atoms with E-state index in [1.54, 1.807) is 36.4 Å². The molecule has 46 heavy (non-hydrogen) atoms. The van der Waals surface area contributed by atoms with Crippen molar-refractivity contribution in [2.45, 2.75) is 42.4 Å². The highest BCUT2D eigenvalue weighted by Gasteiger charge is 2.33. The fourth-order valence-electron chi connectivity index (χ4n) is 5.35. The van der Waals surface area contributed by atoms with Gasteiger partial charge in [-0.15, -0.1) is 4.72 Å². The van der Waals surface area contributed by atoms with E-state index in [1.165, 1.54) is 6.07 Å². The molecule has 0 aliphatic heterocycles. The highest BCUT2D eigenvalue weighted by molar-refractivity contribution is 7.89. The van der Waals surface area contributed by atoms with E-state index in [0.29, 0.717) is 16.1 Å². The summed E-state index contributed by atoms with van der Waals surface area (Å²) in [6, 6.07) is 41.9. The Labute approximate surface area is 272 Å². The SMILES string of the molecule is O=C(Nc1cccc(F)c1CCC(CO)N[S+]([O-])c1ccccc1)C(OCc1ccccc1)C(c1ccccc1)c1ccccc1. The van der Waals surface area contributed by atoms with Crippen molar-refractivity contribution in [1.82, 2.24) is 4.72 Å². The molecule has 0 heterocycles. The Bertz CT molecular complexity index is 1610. The molecule has 0 bridgehead atoms. The summed E-state index contributed by atoms with van der Waals surface area (Å²) in [7, 11) is 0. The van der Waals surface area contributed by atoms with Crippen LogP contribution in [0.2, 0.25) is 0 Å². The number of ether oxygens (including phenoxy) is 1. The molecule has 0 aliphatic rings. The third-order valence-corrected chi connectivity index (χ3v) is 8.97. The van der Waals surface area contributed by atoms with Crippen LogP contribution in [0.25, 0.3) is 0 Å². The van der Waals surface area contributed by atoms with E-state index in [2.05, 4.69) is 10.0 Å². The molecule has 5 aromatic rings. The molecule has 0 radical (unpaired) electrons. The zero-order chi connectivity index (χ0) is 32.1. The molecule has 1 amide bonds. The van der Waals surface area contributed by atoms with Gasteiger partial charge in [0, 0.05) is 17.2 Å². The Morgan fingerprint density at radius 3 is 1.93 bits per heavy atom. The van der Waals surface area contributed by atoms with Gasteiger partial charge in [0.15, 0.2) is 4.90 Å². The van der Waals surface area contributed by atoms with Gasteiger partial charge in [0.1, 0.15) is 11.9 Å². The van der Waals surface area contributed by atoms with Crippen LogP contribution in [-0.4, -0.2) is 34.3 Å². The van der Waals surface area contributed by atoms with E-state index < -0.39 is 41.2 Å². The van der Waals surface area contributed by atoms with E-state index in [4.69, 9.17) is 4.74 Å². The summed E-state index contributed by atoms with van der Waals surface area (Å²) in [6.07, 6.45) is -0.493. The number of carbonyl (C=O) groups excluding carboxylic acids is 1. The smallest absolute Gasteiger partial charge is 0.254 e. The molecule has 5 aromatic carbocycles. The Hall–Kier alpha value is -4.31. The quantitative estimate of drug-likeness (QED) is 0.110. The van der Waals surface area contributed by atoms with E-state index >= 15 is 4.39 Å². The lowest BCUT2D eigenvalue weighted by atomic mass is 9.86. The Morgan fingerprint density at radius 2 is 1.35 bits per heavy atom. The van der Waals surface area contributed by atoms with Gasteiger partial charge in [0.2, 0.25) is 0 Å². The number of amides is 1. The monoisotopic (exact) mass is 636 g/mol. The normalized spacial score (nSPS) is 13.2. The molecule has 3 N–H and O–H groups in total. The largest absolute Gasteiger partial charge is 0.593 e. The maximum atomic E-state index is 15.3. The third-order valence-electron chi connectivity index (χ3n) is 7.72. The van der Waals surface area contributed by atoms with Gasteiger partial charge in [-0.2, -0.15) is 0 Å². The van der Waals surface area contributed by atoms with Gasteiger partial charge in [0.25, 0.3) is 5.91 Å². The van der Waals surface area contributed by atoms with Crippen LogP contribution in [0.1, 0.15) is 34.6 Å². The lowest BCUT2D eigenvalue weighted by molar-refractivity contribution is -0.129. The number of aliphatic hydroxyl groups is 1. The van der Waals surface area contributed by atoms with E-state index in [0.717, 1.165) is 16.7 Å². The van der Waals surface area contributed by atoms with Crippen LogP contribution in [0.4, 0.5) is 10.1 Å². The molecular formula is C38H37FN2O4S. The summed E-state index contributed by atoms with van der Waals surface area (Å²) in [5.74, 6) is -1.34. The van der Waals surface area contributed by atoms with E-state index in [-0.39, 0.29) is 26.1 Å². The molecule has 3 atom stereocenters. The Kier molecular flexibility index (Phi) is 12.1. The van der Waals surface area contributed by atoms with Crippen LogP contribution >= 0.6 is 0 Å². The average molecular weight is 637 g/mol. The van der Waals surface area contributed by atoms with Crippen molar-refractivity contribution in [3.05, 3.63) is 168 Å². The second-order valence-corrected chi connectivity index (χ2v) is 12.1. The molecule has 0 saturated carbocycles.